The molecule has 2 atom stereocenters. The van der Waals surface area contributed by atoms with E-state index in [1.54, 1.807) is 6.20 Å². The number of amides is 1. The number of benzene rings is 1. The van der Waals surface area contributed by atoms with E-state index in [4.69, 9.17) is 0 Å². The lowest BCUT2D eigenvalue weighted by Gasteiger charge is -2.21. The number of aromatic nitrogens is 2. The van der Waals surface area contributed by atoms with Crippen LogP contribution < -0.4 is 5.32 Å². The normalized spacial score (nSPS) is 20.8. The van der Waals surface area contributed by atoms with E-state index < -0.39 is 0 Å². The summed E-state index contributed by atoms with van der Waals surface area (Å²) in [5.41, 5.74) is 1.45. The molecule has 0 bridgehead atoms. The number of rotatable bonds is 4. The van der Waals surface area contributed by atoms with Crippen molar-refractivity contribution in [3.63, 3.8) is 0 Å². The third-order valence-electron chi connectivity index (χ3n) is 4.18. The molecule has 5 heteroatoms. The molecule has 1 amide bonds. The maximum Gasteiger partial charge on any atom is 0.271 e. The molecule has 1 heterocycles. The standard InChI is InChI=1S/C17H18FN3O/c18-14-6-4-12(5-7-14)10-13-2-1-3-15(13)21-17(22)16-11-19-8-9-20-16/h4-9,11,13,15H,1-3,10H2,(H,21,22)/t13-,15-/m1/s1. The second kappa shape index (κ2) is 6.64. The summed E-state index contributed by atoms with van der Waals surface area (Å²) in [5.74, 6) is -0.0159. The predicted octanol–water partition coefficient (Wildman–Crippen LogP) is 2.76. The highest BCUT2D eigenvalue weighted by molar-refractivity contribution is 5.92. The number of nitrogens with zero attached hydrogens (tertiary/aromatic N) is 2. The number of hydrogen-bond donors (Lipinski definition) is 1. The molecule has 1 aliphatic carbocycles. The molecule has 3 rings (SSSR count). The SMILES string of the molecule is O=C(N[C@@H]1CCC[C@@H]1Cc1ccc(F)cc1)c1cnccn1. The minimum absolute atomic E-state index is 0.138. The molecule has 4 nitrogen and oxygen atoms in total. The first-order valence-electron chi connectivity index (χ1n) is 7.53. The summed E-state index contributed by atoms with van der Waals surface area (Å²) in [6.45, 7) is 0. The molecule has 22 heavy (non-hydrogen) atoms. The number of halogens is 1. The minimum atomic E-state index is -0.220. The fourth-order valence-corrected chi connectivity index (χ4v) is 3.05. The van der Waals surface area contributed by atoms with Gasteiger partial charge in [0.25, 0.3) is 5.91 Å². The largest absolute Gasteiger partial charge is 0.348 e. The molecule has 114 valence electrons. The van der Waals surface area contributed by atoms with E-state index in [0.717, 1.165) is 31.2 Å². The molecule has 1 N–H and O–H groups in total. The summed E-state index contributed by atoms with van der Waals surface area (Å²) in [7, 11) is 0. The lowest BCUT2D eigenvalue weighted by atomic mass is 9.94. The van der Waals surface area contributed by atoms with Gasteiger partial charge in [-0.15, -0.1) is 0 Å². The van der Waals surface area contributed by atoms with Crippen molar-refractivity contribution < 1.29 is 9.18 Å². The van der Waals surface area contributed by atoms with Crippen molar-refractivity contribution in [2.24, 2.45) is 5.92 Å². The van der Waals surface area contributed by atoms with Crippen LogP contribution in [0.2, 0.25) is 0 Å². The van der Waals surface area contributed by atoms with Crippen LogP contribution in [0.3, 0.4) is 0 Å². The Kier molecular flexibility index (Phi) is 4.42. The summed E-state index contributed by atoms with van der Waals surface area (Å²) >= 11 is 0. The average molecular weight is 299 g/mol. The Morgan fingerprint density at radius 3 is 2.77 bits per heavy atom. The van der Waals surface area contributed by atoms with E-state index in [2.05, 4.69) is 15.3 Å². The average Bonchev–Trinajstić information content (AvgIpc) is 2.97. The van der Waals surface area contributed by atoms with E-state index >= 15 is 0 Å². The smallest absolute Gasteiger partial charge is 0.271 e. The Hall–Kier alpha value is -2.30. The summed E-state index contributed by atoms with van der Waals surface area (Å²) in [6.07, 6.45) is 8.52. The Morgan fingerprint density at radius 1 is 1.23 bits per heavy atom. The third-order valence-corrected chi connectivity index (χ3v) is 4.18. The minimum Gasteiger partial charge on any atom is -0.348 e. The van der Waals surface area contributed by atoms with Gasteiger partial charge in [0, 0.05) is 18.4 Å². The van der Waals surface area contributed by atoms with Gasteiger partial charge < -0.3 is 5.32 Å². The summed E-state index contributed by atoms with van der Waals surface area (Å²) < 4.78 is 13.0. The highest BCUT2D eigenvalue weighted by atomic mass is 19.1. The van der Waals surface area contributed by atoms with Crippen molar-refractivity contribution in [3.05, 3.63) is 59.9 Å². The maximum atomic E-state index is 13.0. The lowest BCUT2D eigenvalue weighted by Crippen LogP contribution is -2.38. The Bertz CT molecular complexity index is 630. The molecule has 2 aromatic rings. The van der Waals surface area contributed by atoms with E-state index in [1.807, 2.05) is 12.1 Å². The Balaban J connectivity index is 1.63. The molecule has 0 saturated heterocycles. The van der Waals surface area contributed by atoms with Crippen LogP contribution in [0.15, 0.2) is 42.9 Å². The van der Waals surface area contributed by atoms with Gasteiger partial charge in [0.15, 0.2) is 0 Å². The van der Waals surface area contributed by atoms with Gasteiger partial charge in [-0.05, 0) is 42.9 Å². The fourth-order valence-electron chi connectivity index (χ4n) is 3.05. The monoisotopic (exact) mass is 299 g/mol. The maximum absolute atomic E-state index is 13.0. The van der Waals surface area contributed by atoms with Gasteiger partial charge in [0.1, 0.15) is 11.5 Å². The first-order chi connectivity index (χ1) is 10.7. The number of hydrogen-bond acceptors (Lipinski definition) is 3. The van der Waals surface area contributed by atoms with Gasteiger partial charge in [-0.3, -0.25) is 9.78 Å². The second-order valence-corrected chi connectivity index (χ2v) is 5.69. The van der Waals surface area contributed by atoms with Crippen LogP contribution in [0.4, 0.5) is 4.39 Å². The van der Waals surface area contributed by atoms with Crippen LogP contribution in [0.1, 0.15) is 35.3 Å². The molecule has 1 fully saturated rings. The highest BCUT2D eigenvalue weighted by Gasteiger charge is 2.29. The van der Waals surface area contributed by atoms with E-state index in [9.17, 15) is 9.18 Å². The lowest BCUT2D eigenvalue weighted by molar-refractivity contribution is 0.0922. The first-order valence-corrected chi connectivity index (χ1v) is 7.53. The van der Waals surface area contributed by atoms with E-state index in [1.165, 1.54) is 24.5 Å². The topological polar surface area (TPSA) is 54.9 Å². The van der Waals surface area contributed by atoms with Gasteiger partial charge in [0.2, 0.25) is 0 Å². The second-order valence-electron chi connectivity index (χ2n) is 5.69. The van der Waals surface area contributed by atoms with Crippen molar-refractivity contribution in [1.82, 2.24) is 15.3 Å². The van der Waals surface area contributed by atoms with Crippen LogP contribution in [-0.4, -0.2) is 21.9 Å². The van der Waals surface area contributed by atoms with Crippen LogP contribution in [0.25, 0.3) is 0 Å². The number of carbonyl (C=O) groups excluding carboxylic acids is 1. The van der Waals surface area contributed by atoms with Gasteiger partial charge in [-0.25, -0.2) is 9.37 Å². The predicted molar refractivity (Wildman–Crippen MR) is 80.7 cm³/mol. The van der Waals surface area contributed by atoms with Crippen LogP contribution >= 0.6 is 0 Å². The molecule has 0 spiro atoms. The van der Waals surface area contributed by atoms with Gasteiger partial charge in [-0.1, -0.05) is 18.6 Å². The van der Waals surface area contributed by atoms with Gasteiger partial charge in [0.05, 0.1) is 6.20 Å². The zero-order chi connectivity index (χ0) is 15.4. The van der Waals surface area contributed by atoms with Crippen LogP contribution in [0, 0.1) is 11.7 Å². The van der Waals surface area contributed by atoms with Crippen molar-refractivity contribution in [3.8, 4) is 0 Å². The Morgan fingerprint density at radius 2 is 2.05 bits per heavy atom. The first kappa shape index (κ1) is 14.6. The molecule has 0 radical (unpaired) electrons. The molecular weight excluding hydrogens is 281 g/mol. The van der Waals surface area contributed by atoms with E-state index in [-0.39, 0.29) is 17.8 Å². The quantitative estimate of drug-likeness (QED) is 0.944. The summed E-state index contributed by atoms with van der Waals surface area (Å²) in [5, 5.41) is 3.06. The molecule has 1 aromatic carbocycles. The zero-order valence-electron chi connectivity index (χ0n) is 12.2. The molecule has 1 aliphatic rings. The zero-order valence-corrected chi connectivity index (χ0v) is 12.2. The van der Waals surface area contributed by atoms with Gasteiger partial charge in [-0.2, -0.15) is 0 Å². The molecule has 1 aromatic heterocycles. The highest BCUT2D eigenvalue weighted by Crippen LogP contribution is 2.29. The number of carbonyl (C=O) groups is 1. The molecule has 1 saturated carbocycles. The van der Waals surface area contributed by atoms with Crippen LogP contribution in [0.5, 0.6) is 0 Å². The number of nitrogens with one attached hydrogen (secondary N) is 1. The Labute approximate surface area is 128 Å². The molecular formula is C17H18FN3O. The van der Waals surface area contributed by atoms with Crippen molar-refractivity contribution >= 4 is 5.91 Å². The van der Waals surface area contributed by atoms with Crippen molar-refractivity contribution in [2.45, 2.75) is 31.7 Å². The summed E-state index contributed by atoms with van der Waals surface area (Å²) in [6, 6.07) is 6.73. The summed E-state index contributed by atoms with van der Waals surface area (Å²) in [4.78, 5) is 20.1. The van der Waals surface area contributed by atoms with Crippen molar-refractivity contribution in [1.29, 1.82) is 0 Å². The molecule has 0 unspecified atom stereocenters. The van der Waals surface area contributed by atoms with Crippen LogP contribution in [-0.2, 0) is 6.42 Å². The van der Waals surface area contributed by atoms with Crippen molar-refractivity contribution in [2.75, 3.05) is 0 Å². The third kappa shape index (κ3) is 3.47. The fraction of sp³-hybridized carbons (Fsp3) is 0.353. The van der Waals surface area contributed by atoms with Gasteiger partial charge >= 0.3 is 0 Å². The van der Waals surface area contributed by atoms with E-state index in [0.29, 0.717) is 11.6 Å². The molecule has 0 aliphatic heterocycles.